The summed E-state index contributed by atoms with van der Waals surface area (Å²) in [6, 6.07) is 31.1. The minimum absolute atomic E-state index is 0.151. The van der Waals surface area contributed by atoms with Crippen LogP contribution >= 0.6 is 0 Å². The van der Waals surface area contributed by atoms with Crippen molar-refractivity contribution in [3.05, 3.63) is 127 Å². The Balaban J connectivity index is 1.44. The molecule has 0 aliphatic rings. The van der Waals surface area contributed by atoms with Gasteiger partial charge in [-0.15, -0.1) is 0 Å². The molecule has 3 heterocycles. The van der Waals surface area contributed by atoms with Crippen LogP contribution in [0.1, 0.15) is 17.0 Å². The van der Waals surface area contributed by atoms with Crippen molar-refractivity contribution in [3.8, 4) is 11.4 Å². The maximum Gasteiger partial charge on any atom is 0.237 e. The van der Waals surface area contributed by atoms with Crippen molar-refractivity contribution in [1.82, 2.24) is 19.4 Å². The van der Waals surface area contributed by atoms with E-state index in [4.69, 9.17) is 9.97 Å². The number of carbonyl (C=O) groups is 1. The van der Waals surface area contributed by atoms with Gasteiger partial charge in [0.25, 0.3) is 0 Å². The molecule has 0 radical (unpaired) electrons. The third-order valence-electron chi connectivity index (χ3n) is 6.02. The smallest absolute Gasteiger partial charge is 0.237 e. The maximum absolute atomic E-state index is 13.8. The summed E-state index contributed by atoms with van der Waals surface area (Å²) in [4.78, 5) is 27.6. The molecule has 0 saturated carbocycles. The van der Waals surface area contributed by atoms with Gasteiger partial charge >= 0.3 is 0 Å². The third-order valence-corrected chi connectivity index (χ3v) is 6.02. The number of nitrogens with zero attached hydrogens (tertiary/aromatic N) is 4. The molecular weight excluding hydrogens is 434 g/mol. The number of rotatable bonds is 5. The molecule has 3 aromatic carbocycles. The number of anilines is 1. The van der Waals surface area contributed by atoms with Crippen molar-refractivity contribution in [1.29, 1.82) is 0 Å². The summed E-state index contributed by atoms with van der Waals surface area (Å²) < 4.78 is 1.92. The lowest BCUT2D eigenvalue weighted by Gasteiger charge is -2.18. The average Bonchev–Trinajstić information content (AvgIpc) is 3.38. The summed E-state index contributed by atoms with van der Waals surface area (Å²) in [5, 5.41) is 3.90. The number of carbonyl (C=O) groups excluding carboxylic acids is 1. The van der Waals surface area contributed by atoms with Gasteiger partial charge in [-0.2, -0.15) is 0 Å². The topological polar surface area (TPSA) is 72.2 Å². The number of imidazole rings is 1. The molecule has 0 fully saturated rings. The van der Waals surface area contributed by atoms with Crippen LogP contribution in [0.25, 0.3) is 27.9 Å². The molecular formula is C29H21N5O. The van der Waals surface area contributed by atoms with E-state index in [0.717, 1.165) is 33.2 Å². The maximum atomic E-state index is 13.8. The van der Waals surface area contributed by atoms with Gasteiger partial charge in [0, 0.05) is 29.5 Å². The van der Waals surface area contributed by atoms with Crippen LogP contribution in [0.3, 0.4) is 0 Å². The Labute approximate surface area is 202 Å². The van der Waals surface area contributed by atoms with Crippen molar-refractivity contribution in [2.75, 3.05) is 5.32 Å². The molecule has 0 spiro atoms. The molecule has 0 aliphatic heterocycles. The predicted octanol–water partition coefficient (Wildman–Crippen LogP) is 5.72. The zero-order valence-corrected chi connectivity index (χ0v) is 18.7. The standard InChI is InChI=1S/C29H21N5O/c35-29(26(20-9-3-1-4-10-20)21-11-5-2-6-12-21)33-28-23-13-7-8-14-24(23)31-27(32-28)22-15-16-25-30-17-18-34(25)19-22/h1-19,26H,(H,31,32,33,35). The van der Waals surface area contributed by atoms with Gasteiger partial charge in [-0.25, -0.2) is 15.0 Å². The van der Waals surface area contributed by atoms with Gasteiger partial charge in [0.15, 0.2) is 5.82 Å². The van der Waals surface area contributed by atoms with Crippen molar-refractivity contribution in [2.24, 2.45) is 0 Å². The Kier molecular flexibility index (Phi) is 5.24. The minimum atomic E-state index is -0.475. The van der Waals surface area contributed by atoms with Crippen molar-refractivity contribution < 1.29 is 4.79 Å². The van der Waals surface area contributed by atoms with Crippen LogP contribution in [0.4, 0.5) is 5.82 Å². The summed E-state index contributed by atoms with van der Waals surface area (Å²) in [7, 11) is 0. The molecule has 0 atom stereocenters. The lowest BCUT2D eigenvalue weighted by molar-refractivity contribution is -0.116. The van der Waals surface area contributed by atoms with Gasteiger partial charge in [0.05, 0.1) is 11.4 Å². The van der Waals surface area contributed by atoms with Crippen LogP contribution in [-0.2, 0) is 4.79 Å². The molecule has 0 unspecified atom stereocenters. The van der Waals surface area contributed by atoms with E-state index in [1.165, 1.54) is 0 Å². The first-order valence-electron chi connectivity index (χ1n) is 11.4. The molecule has 1 amide bonds. The highest BCUT2D eigenvalue weighted by Crippen LogP contribution is 2.29. The number of nitrogens with one attached hydrogen (secondary N) is 1. The first kappa shape index (κ1) is 20.7. The Morgan fingerprint density at radius 2 is 1.46 bits per heavy atom. The summed E-state index contributed by atoms with van der Waals surface area (Å²) in [6.45, 7) is 0. The second-order valence-corrected chi connectivity index (χ2v) is 8.27. The van der Waals surface area contributed by atoms with E-state index in [9.17, 15) is 4.79 Å². The molecule has 168 valence electrons. The zero-order chi connectivity index (χ0) is 23.6. The number of benzene rings is 3. The molecule has 6 heteroatoms. The molecule has 6 aromatic rings. The molecule has 0 bridgehead atoms. The Morgan fingerprint density at radius 3 is 2.20 bits per heavy atom. The normalized spacial score (nSPS) is 11.2. The van der Waals surface area contributed by atoms with E-state index >= 15 is 0 Å². The molecule has 0 aliphatic carbocycles. The van der Waals surface area contributed by atoms with Crippen LogP contribution in [0.15, 0.2) is 116 Å². The highest BCUT2D eigenvalue weighted by atomic mass is 16.2. The highest BCUT2D eigenvalue weighted by molar-refractivity contribution is 6.03. The minimum Gasteiger partial charge on any atom is -0.309 e. The molecule has 6 rings (SSSR count). The fraction of sp³-hybridized carbons (Fsp3) is 0.0345. The van der Waals surface area contributed by atoms with Crippen molar-refractivity contribution in [2.45, 2.75) is 5.92 Å². The van der Waals surface area contributed by atoms with E-state index in [0.29, 0.717) is 11.6 Å². The number of hydrogen-bond donors (Lipinski definition) is 1. The SMILES string of the molecule is O=C(Nc1nc(-c2ccc3nccn3c2)nc2ccccc12)C(c1ccccc1)c1ccccc1. The first-order chi connectivity index (χ1) is 17.3. The number of pyridine rings is 1. The molecule has 35 heavy (non-hydrogen) atoms. The summed E-state index contributed by atoms with van der Waals surface area (Å²) in [5.74, 6) is 0.392. The van der Waals surface area contributed by atoms with Crippen LogP contribution in [-0.4, -0.2) is 25.3 Å². The molecule has 0 saturated heterocycles. The van der Waals surface area contributed by atoms with Gasteiger partial charge < -0.3 is 9.72 Å². The Hall–Kier alpha value is -4.84. The largest absolute Gasteiger partial charge is 0.309 e. The summed E-state index contributed by atoms with van der Waals surface area (Å²) in [5.41, 5.74) is 4.27. The fourth-order valence-corrected chi connectivity index (χ4v) is 4.33. The van der Waals surface area contributed by atoms with Gasteiger partial charge in [0.2, 0.25) is 5.91 Å². The highest BCUT2D eigenvalue weighted by Gasteiger charge is 2.24. The molecule has 6 nitrogen and oxygen atoms in total. The second kappa shape index (κ2) is 8.83. The van der Waals surface area contributed by atoms with E-state index in [-0.39, 0.29) is 5.91 Å². The summed E-state index contributed by atoms with van der Waals surface area (Å²) in [6.07, 6.45) is 5.57. The van der Waals surface area contributed by atoms with Gasteiger partial charge in [-0.05, 0) is 35.4 Å². The quantitative estimate of drug-likeness (QED) is 0.361. The number of aromatic nitrogens is 4. The van der Waals surface area contributed by atoms with Crippen LogP contribution in [0.5, 0.6) is 0 Å². The number of amides is 1. The van der Waals surface area contributed by atoms with Crippen LogP contribution in [0.2, 0.25) is 0 Å². The van der Waals surface area contributed by atoms with Crippen LogP contribution < -0.4 is 5.32 Å². The average molecular weight is 456 g/mol. The third kappa shape index (κ3) is 4.02. The number of fused-ring (bicyclic) bond motifs is 2. The zero-order valence-electron chi connectivity index (χ0n) is 18.7. The molecule has 1 N–H and O–H groups in total. The number of hydrogen-bond acceptors (Lipinski definition) is 4. The fourth-order valence-electron chi connectivity index (χ4n) is 4.33. The van der Waals surface area contributed by atoms with E-state index < -0.39 is 5.92 Å². The monoisotopic (exact) mass is 455 g/mol. The van der Waals surface area contributed by atoms with Crippen molar-refractivity contribution >= 4 is 28.3 Å². The van der Waals surface area contributed by atoms with Gasteiger partial charge in [0.1, 0.15) is 11.5 Å². The van der Waals surface area contributed by atoms with E-state index in [1.807, 2.05) is 114 Å². The van der Waals surface area contributed by atoms with E-state index in [2.05, 4.69) is 10.3 Å². The lowest BCUT2D eigenvalue weighted by atomic mass is 9.90. The lowest BCUT2D eigenvalue weighted by Crippen LogP contribution is -2.23. The Morgan fingerprint density at radius 1 is 0.771 bits per heavy atom. The van der Waals surface area contributed by atoms with Gasteiger partial charge in [-0.3, -0.25) is 4.79 Å². The first-order valence-corrected chi connectivity index (χ1v) is 11.4. The Bertz CT molecular complexity index is 1600. The van der Waals surface area contributed by atoms with Crippen LogP contribution in [0, 0.1) is 0 Å². The van der Waals surface area contributed by atoms with E-state index in [1.54, 1.807) is 6.20 Å². The predicted molar refractivity (Wildman–Crippen MR) is 137 cm³/mol. The molecule has 3 aromatic heterocycles. The summed E-state index contributed by atoms with van der Waals surface area (Å²) >= 11 is 0. The van der Waals surface area contributed by atoms with Crippen molar-refractivity contribution in [3.63, 3.8) is 0 Å². The number of para-hydroxylation sites is 1. The van der Waals surface area contributed by atoms with Gasteiger partial charge in [-0.1, -0.05) is 72.8 Å². The second-order valence-electron chi connectivity index (χ2n) is 8.27.